The Morgan fingerprint density at radius 1 is 1.39 bits per heavy atom. The lowest BCUT2D eigenvalue weighted by molar-refractivity contribution is -0.196. The van der Waals surface area contributed by atoms with Gasteiger partial charge in [0.1, 0.15) is 5.75 Å². The van der Waals surface area contributed by atoms with E-state index in [0.717, 1.165) is 18.4 Å². The van der Waals surface area contributed by atoms with E-state index >= 15 is 0 Å². The van der Waals surface area contributed by atoms with Crippen molar-refractivity contribution >= 4 is 28.5 Å². The number of amides is 1. The van der Waals surface area contributed by atoms with Gasteiger partial charge in [-0.05, 0) is 37.0 Å². The summed E-state index contributed by atoms with van der Waals surface area (Å²) < 4.78 is -0.134. The molecule has 2 rings (SSSR count). The second-order valence-corrected chi connectivity index (χ2v) is 5.82. The molecule has 1 aromatic carbocycles. The average Bonchev–Trinajstić information content (AvgIpc) is 2.41. The smallest absolute Gasteiger partial charge is 0.259 e. The number of nitrogens with zero attached hydrogens (tertiary/aromatic N) is 1. The number of halogens is 1. The van der Waals surface area contributed by atoms with Gasteiger partial charge in [-0.2, -0.15) is 0 Å². The Morgan fingerprint density at radius 3 is 2.72 bits per heavy atom. The molecule has 5 heteroatoms. The Labute approximate surface area is 120 Å². The van der Waals surface area contributed by atoms with Crippen LogP contribution in [0.3, 0.4) is 0 Å². The second kappa shape index (κ2) is 6.38. The van der Waals surface area contributed by atoms with Crippen LogP contribution in [0.5, 0.6) is 5.75 Å². The van der Waals surface area contributed by atoms with Crippen molar-refractivity contribution in [3.05, 3.63) is 29.8 Å². The molecule has 1 aromatic rings. The van der Waals surface area contributed by atoms with E-state index in [1.165, 1.54) is 5.06 Å². The van der Waals surface area contributed by atoms with Crippen molar-refractivity contribution in [2.75, 3.05) is 13.2 Å². The third-order valence-electron chi connectivity index (χ3n) is 2.87. The van der Waals surface area contributed by atoms with Crippen molar-refractivity contribution in [3.8, 4) is 5.75 Å². The predicted octanol–water partition coefficient (Wildman–Crippen LogP) is 2.29. The van der Waals surface area contributed by atoms with E-state index in [1.54, 1.807) is 12.1 Å². The van der Waals surface area contributed by atoms with Crippen molar-refractivity contribution in [1.29, 1.82) is 0 Å². The number of carbonyl (C=O) groups is 1. The Balaban J connectivity index is 1.92. The van der Waals surface area contributed by atoms with Gasteiger partial charge in [-0.25, -0.2) is 5.06 Å². The normalized spacial score (nSPS) is 17.5. The number of benzene rings is 1. The third kappa shape index (κ3) is 3.58. The molecule has 0 aromatic heterocycles. The summed E-state index contributed by atoms with van der Waals surface area (Å²) in [6.45, 7) is 1.32. The molecule has 18 heavy (non-hydrogen) atoms. The highest BCUT2D eigenvalue weighted by atomic mass is 127. The topological polar surface area (TPSA) is 49.8 Å². The molecule has 0 bridgehead atoms. The maximum absolute atomic E-state index is 12.1. The van der Waals surface area contributed by atoms with Crippen LogP contribution >= 0.6 is 22.6 Å². The fourth-order valence-electron chi connectivity index (χ4n) is 1.85. The van der Waals surface area contributed by atoms with Crippen LogP contribution in [0.4, 0.5) is 0 Å². The van der Waals surface area contributed by atoms with Crippen LogP contribution in [0.15, 0.2) is 24.3 Å². The maximum Gasteiger partial charge on any atom is 0.259 e. The highest BCUT2D eigenvalue weighted by molar-refractivity contribution is 14.1. The van der Waals surface area contributed by atoms with Crippen LogP contribution in [0.1, 0.15) is 18.4 Å². The van der Waals surface area contributed by atoms with Gasteiger partial charge >= 0.3 is 0 Å². The quantitative estimate of drug-likeness (QED) is 0.664. The second-order valence-electron chi connectivity index (χ2n) is 4.32. The molecular formula is C13H16INO3. The first-order valence-electron chi connectivity index (χ1n) is 6.03. The van der Waals surface area contributed by atoms with Gasteiger partial charge in [0.25, 0.3) is 5.91 Å². The predicted molar refractivity (Wildman–Crippen MR) is 76.5 cm³/mol. The molecule has 1 aliphatic rings. The lowest BCUT2D eigenvalue weighted by atomic mass is 10.1. The molecule has 0 spiro atoms. The highest BCUT2D eigenvalue weighted by Gasteiger charge is 2.24. The van der Waals surface area contributed by atoms with E-state index in [4.69, 9.17) is 4.84 Å². The Kier molecular flexibility index (Phi) is 4.82. The molecule has 0 aliphatic carbocycles. The van der Waals surface area contributed by atoms with E-state index in [2.05, 4.69) is 22.6 Å². The molecule has 98 valence electrons. The molecule has 0 saturated carbocycles. The van der Waals surface area contributed by atoms with Crippen LogP contribution in [-0.4, -0.2) is 33.2 Å². The van der Waals surface area contributed by atoms with Crippen LogP contribution in [0.25, 0.3) is 0 Å². The first-order valence-corrected chi connectivity index (χ1v) is 7.27. The zero-order valence-electron chi connectivity index (χ0n) is 10.0. The number of aromatic hydroxyl groups is 1. The van der Waals surface area contributed by atoms with Crippen molar-refractivity contribution in [1.82, 2.24) is 5.06 Å². The number of carbonyl (C=O) groups excluding carboxylic acids is 1. The number of rotatable bonds is 3. The molecule has 1 aliphatic heterocycles. The number of phenols is 1. The van der Waals surface area contributed by atoms with E-state index in [0.29, 0.717) is 19.6 Å². The van der Waals surface area contributed by atoms with E-state index < -0.39 is 0 Å². The van der Waals surface area contributed by atoms with Crippen LogP contribution < -0.4 is 0 Å². The van der Waals surface area contributed by atoms with Crippen LogP contribution in [-0.2, 0) is 16.1 Å². The summed E-state index contributed by atoms with van der Waals surface area (Å²) >= 11 is 2.15. The SMILES string of the molecule is O=C(C(I)Cc1ccc(O)cc1)N1CCCCO1. The summed E-state index contributed by atoms with van der Waals surface area (Å²) in [5.41, 5.74) is 1.04. The van der Waals surface area contributed by atoms with E-state index in [1.807, 2.05) is 12.1 Å². The molecule has 1 N–H and O–H groups in total. The monoisotopic (exact) mass is 361 g/mol. The minimum Gasteiger partial charge on any atom is -0.508 e. The molecule has 1 fully saturated rings. The van der Waals surface area contributed by atoms with Crippen LogP contribution in [0.2, 0.25) is 0 Å². The molecule has 1 saturated heterocycles. The Hall–Kier alpha value is -0.820. The number of hydroxylamine groups is 2. The third-order valence-corrected chi connectivity index (χ3v) is 3.84. The zero-order valence-corrected chi connectivity index (χ0v) is 12.2. The molecule has 1 heterocycles. The molecule has 0 radical (unpaired) electrons. The summed E-state index contributed by atoms with van der Waals surface area (Å²) in [5.74, 6) is 0.276. The van der Waals surface area contributed by atoms with Crippen molar-refractivity contribution in [2.45, 2.75) is 23.2 Å². The van der Waals surface area contributed by atoms with Gasteiger partial charge < -0.3 is 5.11 Å². The summed E-state index contributed by atoms with van der Waals surface area (Å²) in [5, 5.41) is 10.7. The number of hydrogen-bond acceptors (Lipinski definition) is 3. The van der Waals surface area contributed by atoms with Gasteiger partial charge in [-0.15, -0.1) is 0 Å². The fraction of sp³-hybridized carbons (Fsp3) is 0.462. The number of hydrogen-bond donors (Lipinski definition) is 1. The largest absolute Gasteiger partial charge is 0.508 e. The summed E-state index contributed by atoms with van der Waals surface area (Å²) in [7, 11) is 0. The minimum atomic E-state index is -0.134. The fourth-order valence-corrected chi connectivity index (χ4v) is 2.67. The molecule has 1 unspecified atom stereocenters. The zero-order chi connectivity index (χ0) is 13.0. The molecule has 4 nitrogen and oxygen atoms in total. The van der Waals surface area contributed by atoms with Crippen molar-refractivity contribution in [2.24, 2.45) is 0 Å². The molecular weight excluding hydrogens is 345 g/mol. The molecule has 1 amide bonds. The number of phenolic OH excluding ortho intramolecular Hbond substituents is 1. The standard InChI is InChI=1S/C13H16INO3/c14-12(9-10-3-5-11(16)6-4-10)13(17)15-7-1-2-8-18-15/h3-6,12,16H,1-2,7-9H2. The van der Waals surface area contributed by atoms with Gasteiger partial charge in [-0.1, -0.05) is 34.7 Å². The van der Waals surface area contributed by atoms with E-state index in [-0.39, 0.29) is 15.6 Å². The first-order chi connectivity index (χ1) is 8.66. The van der Waals surface area contributed by atoms with Crippen molar-refractivity contribution in [3.63, 3.8) is 0 Å². The maximum atomic E-state index is 12.1. The average molecular weight is 361 g/mol. The summed E-state index contributed by atoms with van der Waals surface area (Å²) in [6, 6.07) is 6.96. The van der Waals surface area contributed by atoms with E-state index in [9.17, 15) is 9.90 Å². The highest BCUT2D eigenvalue weighted by Crippen LogP contribution is 2.18. The molecule has 1 atom stereocenters. The lowest BCUT2D eigenvalue weighted by Crippen LogP contribution is -2.40. The first kappa shape index (κ1) is 13.6. The van der Waals surface area contributed by atoms with Gasteiger partial charge in [0.15, 0.2) is 0 Å². The lowest BCUT2D eigenvalue weighted by Gasteiger charge is -2.27. The summed E-state index contributed by atoms with van der Waals surface area (Å²) in [6.07, 6.45) is 2.68. The van der Waals surface area contributed by atoms with Crippen molar-refractivity contribution < 1.29 is 14.7 Å². The van der Waals surface area contributed by atoms with Gasteiger partial charge in [0.2, 0.25) is 0 Å². The van der Waals surface area contributed by atoms with Gasteiger partial charge in [-0.3, -0.25) is 9.63 Å². The Morgan fingerprint density at radius 2 is 2.11 bits per heavy atom. The Bertz CT molecular complexity index is 401. The van der Waals surface area contributed by atoms with Gasteiger partial charge in [0.05, 0.1) is 10.5 Å². The van der Waals surface area contributed by atoms with Gasteiger partial charge in [0, 0.05) is 6.54 Å². The summed E-state index contributed by atoms with van der Waals surface area (Å²) in [4.78, 5) is 17.5. The minimum absolute atomic E-state index is 0.0309. The number of alkyl halides is 1. The van der Waals surface area contributed by atoms with Crippen LogP contribution in [0, 0.1) is 0 Å².